The monoisotopic (exact) mass is 273 g/mol. The summed E-state index contributed by atoms with van der Waals surface area (Å²) in [5.74, 6) is 0. The van der Waals surface area contributed by atoms with Crippen LogP contribution < -0.4 is 5.32 Å². The van der Waals surface area contributed by atoms with Crippen LogP contribution in [0.2, 0.25) is 5.02 Å². The van der Waals surface area contributed by atoms with E-state index in [4.69, 9.17) is 11.6 Å². The molecule has 0 radical (unpaired) electrons. The quantitative estimate of drug-likeness (QED) is 0.867. The molecule has 1 unspecified atom stereocenters. The van der Waals surface area contributed by atoms with Gasteiger partial charge in [0.25, 0.3) is 0 Å². The van der Waals surface area contributed by atoms with E-state index >= 15 is 0 Å². The maximum Gasteiger partial charge on any atom is 0.0457 e. The van der Waals surface area contributed by atoms with Crippen molar-refractivity contribution in [1.82, 2.24) is 5.32 Å². The van der Waals surface area contributed by atoms with Crippen LogP contribution >= 0.6 is 27.5 Å². The summed E-state index contributed by atoms with van der Waals surface area (Å²) in [7, 11) is 0. The second kappa shape index (κ2) is 4.21. The van der Waals surface area contributed by atoms with Crippen molar-refractivity contribution in [3.63, 3.8) is 0 Å². The molecular formula is C11H13BrClN. The topological polar surface area (TPSA) is 12.0 Å². The smallest absolute Gasteiger partial charge is 0.0457 e. The highest BCUT2D eigenvalue weighted by Crippen LogP contribution is 2.39. The maximum absolute atomic E-state index is 6.21. The van der Waals surface area contributed by atoms with Gasteiger partial charge in [-0.25, -0.2) is 0 Å². The molecule has 0 bridgehead atoms. The first-order valence-electron chi connectivity index (χ1n) is 4.94. The summed E-state index contributed by atoms with van der Waals surface area (Å²) in [5.41, 5.74) is 2.67. The third kappa shape index (κ3) is 1.71. The Labute approximate surface area is 98.0 Å². The Morgan fingerprint density at radius 1 is 1.57 bits per heavy atom. The summed E-state index contributed by atoms with van der Waals surface area (Å²) in [4.78, 5) is 0. The molecule has 14 heavy (non-hydrogen) atoms. The molecular weight excluding hydrogens is 261 g/mol. The zero-order valence-electron chi connectivity index (χ0n) is 8.11. The third-order valence-corrected chi connectivity index (χ3v) is 3.80. The molecule has 2 rings (SSSR count). The predicted molar refractivity (Wildman–Crippen MR) is 63.9 cm³/mol. The fourth-order valence-electron chi connectivity index (χ4n) is 2.12. The number of benzene rings is 1. The molecule has 0 aromatic heterocycles. The van der Waals surface area contributed by atoms with E-state index in [9.17, 15) is 0 Å². The Morgan fingerprint density at radius 3 is 3.07 bits per heavy atom. The Hall–Kier alpha value is -0.0500. The van der Waals surface area contributed by atoms with Crippen LogP contribution in [-0.2, 0) is 6.42 Å². The van der Waals surface area contributed by atoms with Crippen molar-refractivity contribution < 1.29 is 0 Å². The van der Waals surface area contributed by atoms with Gasteiger partial charge in [0.1, 0.15) is 0 Å². The first-order chi connectivity index (χ1) is 6.74. The SMILES string of the molecule is CCNC1CCc2c(Br)ccc(Cl)c21. The van der Waals surface area contributed by atoms with E-state index in [1.54, 1.807) is 0 Å². The zero-order valence-corrected chi connectivity index (χ0v) is 10.5. The minimum atomic E-state index is 0.444. The lowest BCUT2D eigenvalue weighted by Crippen LogP contribution is -2.18. The van der Waals surface area contributed by atoms with E-state index in [1.807, 2.05) is 12.1 Å². The Kier molecular flexibility index (Phi) is 3.15. The Balaban J connectivity index is 2.42. The van der Waals surface area contributed by atoms with Gasteiger partial charge in [-0.15, -0.1) is 0 Å². The molecule has 1 aromatic rings. The van der Waals surface area contributed by atoms with Crippen molar-refractivity contribution in [2.45, 2.75) is 25.8 Å². The summed E-state index contributed by atoms with van der Waals surface area (Å²) in [6.07, 6.45) is 2.28. The molecule has 1 N–H and O–H groups in total. The van der Waals surface area contributed by atoms with E-state index in [1.165, 1.54) is 15.6 Å². The summed E-state index contributed by atoms with van der Waals surface area (Å²) in [5, 5.41) is 4.36. The lowest BCUT2D eigenvalue weighted by Gasteiger charge is -2.14. The first kappa shape index (κ1) is 10.5. The molecule has 1 nitrogen and oxygen atoms in total. The third-order valence-electron chi connectivity index (χ3n) is 2.73. The molecule has 0 saturated carbocycles. The van der Waals surface area contributed by atoms with Crippen LogP contribution in [0, 0.1) is 0 Å². The van der Waals surface area contributed by atoms with Crippen molar-refractivity contribution in [3.05, 3.63) is 32.8 Å². The summed E-state index contributed by atoms with van der Waals surface area (Å²) in [6, 6.07) is 4.45. The number of hydrogen-bond acceptors (Lipinski definition) is 1. The predicted octanol–water partition coefficient (Wildman–Crippen LogP) is 3.70. The van der Waals surface area contributed by atoms with Crippen molar-refractivity contribution in [1.29, 1.82) is 0 Å². The van der Waals surface area contributed by atoms with Crippen LogP contribution in [0.4, 0.5) is 0 Å². The molecule has 1 atom stereocenters. The highest BCUT2D eigenvalue weighted by Gasteiger charge is 2.25. The molecule has 0 aliphatic heterocycles. The van der Waals surface area contributed by atoms with Gasteiger partial charge >= 0.3 is 0 Å². The number of nitrogens with one attached hydrogen (secondary N) is 1. The van der Waals surface area contributed by atoms with Crippen molar-refractivity contribution in [2.75, 3.05) is 6.54 Å². The minimum absolute atomic E-state index is 0.444. The van der Waals surface area contributed by atoms with Crippen LogP contribution in [0.1, 0.15) is 30.5 Å². The number of halogens is 2. The normalized spacial score (nSPS) is 19.8. The number of hydrogen-bond donors (Lipinski definition) is 1. The van der Waals surface area contributed by atoms with Gasteiger partial charge in [0, 0.05) is 15.5 Å². The fourth-order valence-corrected chi connectivity index (χ4v) is 2.98. The maximum atomic E-state index is 6.21. The largest absolute Gasteiger partial charge is 0.310 e. The van der Waals surface area contributed by atoms with Crippen LogP contribution in [0.15, 0.2) is 16.6 Å². The van der Waals surface area contributed by atoms with Gasteiger partial charge in [-0.05, 0) is 42.6 Å². The Bertz CT molecular complexity index is 351. The van der Waals surface area contributed by atoms with Crippen LogP contribution in [0.25, 0.3) is 0 Å². The molecule has 1 aliphatic carbocycles. The van der Waals surface area contributed by atoms with Crippen molar-refractivity contribution >= 4 is 27.5 Å². The first-order valence-corrected chi connectivity index (χ1v) is 6.11. The van der Waals surface area contributed by atoms with Gasteiger partial charge < -0.3 is 5.32 Å². The van der Waals surface area contributed by atoms with E-state index in [0.29, 0.717) is 6.04 Å². The minimum Gasteiger partial charge on any atom is -0.310 e. The van der Waals surface area contributed by atoms with Crippen molar-refractivity contribution in [3.8, 4) is 0 Å². The summed E-state index contributed by atoms with van der Waals surface area (Å²) in [6.45, 7) is 3.12. The van der Waals surface area contributed by atoms with E-state index in [-0.39, 0.29) is 0 Å². The molecule has 0 saturated heterocycles. The molecule has 1 aromatic carbocycles. The van der Waals surface area contributed by atoms with Crippen LogP contribution in [0.3, 0.4) is 0 Å². The van der Waals surface area contributed by atoms with Gasteiger partial charge in [0.2, 0.25) is 0 Å². The lowest BCUT2D eigenvalue weighted by atomic mass is 10.1. The van der Waals surface area contributed by atoms with Gasteiger partial charge in [0.05, 0.1) is 0 Å². The molecule has 0 amide bonds. The van der Waals surface area contributed by atoms with E-state index < -0.39 is 0 Å². The summed E-state index contributed by atoms with van der Waals surface area (Å²) >= 11 is 9.78. The average Bonchev–Trinajstić information content (AvgIpc) is 2.58. The molecule has 3 heteroatoms. The second-order valence-electron chi connectivity index (χ2n) is 3.57. The average molecular weight is 275 g/mol. The number of rotatable bonds is 2. The zero-order chi connectivity index (χ0) is 10.1. The van der Waals surface area contributed by atoms with Gasteiger partial charge in [0.15, 0.2) is 0 Å². The van der Waals surface area contributed by atoms with E-state index in [2.05, 4.69) is 28.2 Å². The second-order valence-corrected chi connectivity index (χ2v) is 4.83. The summed E-state index contributed by atoms with van der Waals surface area (Å²) < 4.78 is 1.19. The molecule has 0 fully saturated rings. The molecule has 0 spiro atoms. The Morgan fingerprint density at radius 2 is 2.36 bits per heavy atom. The van der Waals surface area contributed by atoms with Crippen molar-refractivity contribution in [2.24, 2.45) is 0 Å². The molecule has 0 heterocycles. The van der Waals surface area contributed by atoms with Crippen LogP contribution in [-0.4, -0.2) is 6.54 Å². The standard InChI is InChI=1S/C11H13BrClN/c1-2-14-10-6-3-7-8(12)4-5-9(13)11(7)10/h4-5,10,14H,2-3,6H2,1H3. The number of fused-ring (bicyclic) bond motifs is 1. The molecule has 76 valence electrons. The highest BCUT2D eigenvalue weighted by molar-refractivity contribution is 9.10. The van der Waals surface area contributed by atoms with Gasteiger partial charge in [-0.3, -0.25) is 0 Å². The lowest BCUT2D eigenvalue weighted by molar-refractivity contribution is 0.549. The van der Waals surface area contributed by atoms with Gasteiger partial charge in [-0.2, -0.15) is 0 Å². The van der Waals surface area contributed by atoms with Gasteiger partial charge in [-0.1, -0.05) is 34.5 Å². The highest BCUT2D eigenvalue weighted by atomic mass is 79.9. The van der Waals surface area contributed by atoms with Crippen LogP contribution in [0.5, 0.6) is 0 Å². The molecule has 1 aliphatic rings. The van der Waals surface area contributed by atoms with E-state index in [0.717, 1.165) is 24.4 Å². The fraction of sp³-hybridized carbons (Fsp3) is 0.455.